The van der Waals surface area contributed by atoms with Gasteiger partial charge in [-0.1, -0.05) is 18.2 Å². The van der Waals surface area contributed by atoms with Gasteiger partial charge in [-0.05, 0) is 68.3 Å². The smallest absolute Gasteiger partial charge is 0.348 e. The number of hydrogen-bond donors (Lipinski definition) is 0. The third kappa shape index (κ3) is 7.33. The lowest BCUT2D eigenvalue weighted by Gasteiger charge is -2.10. The minimum atomic E-state index is -0.706. The molecule has 0 spiro atoms. The van der Waals surface area contributed by atoms with Crippen molar-refractivity contribution in [3.63, 3.8) is 0 Å². The molecule has 0 saturated heterocycles. The van der Waals surface area contributed by atoms with Gasteiger partial charge in [0.05, 0.1) is 19.8 Å². The van der Waals surface area contributed by atoms with E-state index in [4.69, 9.17) is 18.9 Å². The molecule has 0 amide bonds. The summed E-state index contributed by atoms with van der Waals surface area (Å²) in [6, 6.07) is 13.9. The number of nitriles is 1. The minimum absolute atomic E-state index is 0.141. The van der Waals surface area contributed by atoms with Gasteiger partial charge in [0.25, 0.3) is 0 Å². The van der Waals surface area contributed by atoms with Crippen LogP contribution >= 0.6 is 0 Å². The van der Waals surface area contributed by atoms with Crippen LogP contribution in [-0.4, -0.2) is 31.8 Å². The average molecular weight is 435 g/mol. The maximum Gasteiger partial charge on any atom is 0.348 e. The Morgan fingerprint density at radius 1 is 0.906 bits per heavy atom. The Balaban J connectivity index is 2.15. The molecule has 0 aliphatic carbocycles. The molecule has 0 aromatic heterocycles. The fourth-order valence-electron chi connectivity index (χ4n) is 2.63. The van der Waals surface area contributed by atoms with Crippen molar-refractivity contribution in [2.75, 3.05) is 19.8 Å². The molecule has 0 radical (unpaired) electrons. The van der Waals surface area contributed by atoms with E-state index in [0.29, 0.717) is 24.5 Å². The fraction of sp³-hybridized carbons (Fsp3) is 0.240. The molecule has 166 valence electrons. The number of esters is 2. The summed E-state index contributed by atoms with van der Waals surface area (Å²) < 4.78 is 21.2. The van der Waals surface area contributed by atoms with Gasteiger partial charge in [-0.25, -0.2) is 9.59 Å². The Labute approximate surface area is 187 Å². The van der Waals surface area contributed by atoms with Gasteiger partial charge in [0, 0.05) is 6.08 Å². The van der Waals surface area contributed by atoms with Crippen LogP contribution < -0.4 is 14.2 Å². The Morgan fingerprint density at radius 3 is 2.22 bits per heavy atom. The Kier molecular flexibility index (Phi) is 9.54. The zero-order valence-electron chi connectivity index (χ0n) is 18.3. The molecular weight excluding hydrogens is 410 g/mol. The summed E-state index contributed by atoms with van der Waals surface area (Å²) in [7, 11) is 0. The van der Waals surface area contributed by atoms with E-state index in [0.717, 1.165) is 11.3 Å². The molecule has 2 aromatic carbocycles. The van der Waals surface area contributed by atoms with Crippen LogP contribution in [0.15, 0.2) is 54.1 Å². The van der Waals surface area contributed by atoms with Crippen LogP contribution in [-0.2, 0) is 14.3 Å². The van der Waals surface area contributed by atoms with Gasteiger partial charge in [-0.3, -0.25) is 0 Å². The van der Waals surface area contributed by atoms with Crippen LogP contribution in [0.25, 0.3) is 12.2 Å². The highest BCUT2D eigenvalue weighted by Gasteiger charge is 2.13. The van der Waals surface area contributed by atoms with Crippen molar-refractivity contribution in [2.45, 2.75) is 20.8 Å². The summed E-state index contributed by atoms with van der Waals surface area (Å²) in [5, 5.41) is 9.19. The number of ether oxygens (including phenoxy) is 4. The molecule has 2 aromatic rings. The highest BCUT2D eigenvalue weighted by atomic mass is 16.6. The van der Waals surface area contributed by atoms with Crippen molar-refractivity contribution in [1.82, 2.24) is 0 Å². The van der Waals surface area contributed by atoms with Gasteiger partial charge in [0.1, 0.15) is 17.4 Å². The second kappa shape index (κ2) is 12.6. The monoisotopic (exact) mass is 435 g/mol. The first kappa shape index (κ1) is 24.2. The fourth-order valence-corrected chi connectivity index (χ4v) is 2.63. The maximum atomic E-state index is 12.3. The lowest BCUT2D eigenvalue weighted by atomic mass is 10.1. The van der Waals surface area contributed by atoms with E-state index in [1.807, 2.05) is 37.3 Å². The second-order valence-corrected chi connectivity index (χ2v) is 6.29. The van der Waals surface area contributed by atoms with Crippen molar-refractivity contribution >= 4 is 24.1 Å². The first-order chi connectivity index (χ1) is 15.5. The number of carbonyl (C=O) groups excluding carboxylic acids is 2. The highest BCUT2D eigenvalue weighted by molar-refractivity contribution is 5.98. The Hall–Kier alpha value is -4.05. The van der Waals surface area contributed by atoms with E-state index in [2.05, 4.69) is 0 Å². The largest absolute Gasteiger partial charge is 0.494 e. The summed E-state index contributed by atoms with van der Waals surface area (Å²) in [5.74, 6) is 0.00527. The number of rotatable bonds is 10. The number of nitrogens with zero attached hydrogens (tertiary/aromatic N) is 1. The van der Waals surface area contributed by atoms with Crippen molar-refractivity contribution in [1.29, 1.82) is 5.26 Å². The third-order valence-corrected chi connectivity index (χ3v) is 4.01. The molecule has 0 heterocycles. The second-order valence-electron chi connectivity index (χ2n) is 6.29. The predicted molar refractivity (Wildman–Crippen MR) is 120 cm³/mol. The predicted octanol–water partition coefficient (Wildman–Crippen LogP) is 4.57. The summed E-state index contributed by atoms with van der Waals surface area (Å²) in [5.41, 5.74) is 1.21. The molecule has 2 rings (SSSR count). The van der Waals surface area contributed by atoms with Gasteiger partial charge in [-0.2, -0.15) is 5.26 Å². The van der Waals surface area contributed by atoms with Crippen molar-refractivity contribution < 1.29 is 28.5 Å². The van der Waals surface area contributed by atoms with E-state index < -0.39 is 11.9 Å². The number of carbonyl (C=O) groups is 2. The molecule has 0 aliphatic rings. The van der Waals surface area contributed by atoms with Gasteiger partial charge in [0.15, 0.2) is 11.5 Å². The first-order valence-electron chi connectivity index (χ1n) is 10.2. The van der Waals surface area contributed by atoms with Gasteiger partial charge in [0.2, 0.25) is 0 Å². The lowest BCUT2D eigenvalue weighted by molar-refractivity contribution is -0.138. The van der Waals surface area contributed by atoms with E-state index in [1.54, 1.807) is 38.1 Å². The molecule has 0 saturated carbocycles. The highest BCUT2D eigenvalue weighted by Crippen LogP contribution is 2.30. The van der Waals surface area contributed by atoms with Gasteiger partial charge in [-0.15, -0.1) is 0 Å². The minimum Gasteiger partial charge on any atom is -0.494 e. The first-order valence-corrected chi connectivity index (χ1v) is 10.2. The van der Waals surface area contributed by atoms with Crippen LogP contribution in [0.1, 0.15) is 31.9 Å². The normalized spacial score (nSPS) is 11.0. The molecular formula is C25H25NO6. The zero-order valence-corrected chi connectivity index (χ0v) is 18.3. The quantitative estimate of drug-likeness (QED) is 0.233. The molecule has 7 nitrogen and oxygen atoms in total. The van der Waals surface area contributed by atoms with E-state index in [1.165, 1.54) is 12.2 Å². The molecule has 0 aliphatic heterocycles. The zero-order chi connectivity index (χ0) is 23.3. The molecule has 0 N–H and O–H groups in total. The van der Waals surface area contributed by atoms with Crippen LogP contribution in [0.3, 0.4) is 0 Å². The molecule has 7 heteroatoms. The Bertz CT molecular complexity index is 1030. The molecule has 32 heavy (non-hydrogen) atoms. The van der Waals surface area contributed by atoms with Crippen LogP contribution in [0.2, 0.25) is 0 Å². The van der Waals surface area contributed by atoms with Gasteiger partial charge >= 0.3 is 11.9 Å². The molecule has 0 fully saturated rings. The topological polar surface area (TPSA) is 94.9 Å². The standard InChI is InChI=1S/C25H25NO6/c1-4-29-21-11-7-18(8-12-21)10-14-24(27)32-22-13-9-19(16-23(22)30-5-2)15-20(17-26)25(28)31-6-3/h7-16H,4-6H2,1-3H3/b14-10+,20-15+. The van der Waals surface area contributed by atoms with E-state index in [9.17, 15) is 14.9 Å². The number of benzene rings is 2. The molecule has 0 unspecified atom stereocenters. The summed E-state index contributed by atoms with van der Waals surface area (Å²) in [4.78, 5) is 24.1. The van der Waals surface area contributed by atoms with Crippen LogP contribution in [0.4, 0.5) is 0 Å². The van der Waals surface area contributed by atoms with Crippen molar-refractivity contribution in [2.24, 2.45) is 0 Å². The number of hydrogen-bond acceptors (Lipinski definition) is 7. The summed E-state index contributed by atoms with van der Waals surface area (Å²) in [6.45, 7) is 6.45. The van der Waals surface area contributed by atoms with Crippen LogP contribution in [0, 0.1) is 11.3 Å². The maximum absolute atomic E-state index is 12.3. The van der Waals surface area contributed by atoms with E-state index >= 15 is 0 Å². The van der Waals surface area contributed by atoms with Crippen molar-refractivity contribution in [3.05, 3.63) is 65.2 Å². The SMILES string of the molecule is CCOC(=O)/C(C#N)=C/c1ccc(OC(=O)/C=C/c2ccc(OCC)cc2)c(OCC)c1. The van der Waals surface area contributed by atoms with Gasteiger partial charge < -0.3 is 18.9 Å². The summed E-state index contributed by atoms with van der Waals surface area (Å²) >= 11 is 0. The lowest BCUT2D eigenvalue weighted by Crippen LogP contribution is -2.07. The van der Waals surface area contributed by atoms with E-state index in [-0.39, 0.29) is 17.9 Å². The average Bonchev–Trinajstić information content (AvgIpc) is 2.79. The molecule has 0 atom stereocenters. The molecule has 0 bridgehead atoms. The van der Waals surface area contributed by atoms with Crippen molar-refractivity contribution in [3.8, 4) is 23.3 Å². The Morgan fingerprint density at radius 2 is 1.59 bits per heavy atom. The van der Waals surface area contributed by atoms with Crippen LogP contribution in [0.5, 0.6) is 17.2 Å². The summed E-state index contributed by atoms with van der Waals surface area (Å²) in [6.07, 6.45) is 4.33. The third-order valence-electron chi connectivity index (χ3n) is 4.01.